The van der Waals surface area contributed by atoms with E-state index in [1.807, 2.05) is 25.1 Å². The number of amides is 1. The standard InChI is InChI=1S/C20H21N3O2/c1-3-14-6-7-18-16(10-14)17(9-13(2)23-18)20(25)22-12-19(24)15-5-4-8-21-11-15/h4-11,19,24H,3,12H2,1-2H3,(H,22,25). The molecule has 0 fully saturated rings. The molecule has 3 aromatic rings. The Balaban J connectivity index is 1.84. The van der Waals surface area contributed by atoms with Gasteiger partial charge in [-0.2, -0.15) is 0 Å². The van der Waals surface area contributed by atoms with Crippen LogP contribution in [-0.2, 0) is 6.42 Å². The average molecular weight is 335 g/mol. The molecule has 25 heavy (non-hydrogen) atoms. The summed E-state index contributed by atoms with van der Waals surface area (Å²) in [4.78, 5) is 21.2. The van der Waals surface area contributed by atoms with Crippen molar-refractivity contribution in [3.63, 3.8) is 0 Å². The van der Waals surface area contributed by atoms with E-state index in [0.29, 0.717) is 11.1 Å². The molecule has 5 nitrogen and oxygen atoms in total. The Morgan fingerprint density at radius 2 is 2.12 bits per heavy atom. The van der Waals surface area contributed by atoms with Gasteiger partial charge in [-0.05, 0) is 43.2 Å². The van der Waals surface area contributed by atoms with Gasteiger partial charge in [-0.3, -0.25) is 14.8 Å². The monoisotopic (exact) mass is 335 g/mol. The number of pyridine rings is 2. The van der Waals surface area contributed by atoms with Crippen molar-refractivity contribution in [1.82, 2.24) is 15.3 Å². The highest BCUT2D eigenvalue weighted by Gasteiger charge is 2.15. The maximum atomic E-state index is 12.7. The summed E-state index contributed by atoms with van der Waals surface area (Å²) in [7, 11) is 0. The lowest BCUT2D eigenvalue weighted by molar-refractivity contribution is 0.0917. The van der Waals surface area contributed by atoms with Crippen molar-refractivity contribution in [3.05, 3.63) is 71.2 Å². The zero-order valence-electron chi connectivity index (χ0n) is 14.4. The highest BCUT2D eigenvalue weighted by Crippen LogP contribution is 2.21. The Bertz CT molecular complexity index is 894. The van der Waals surface area contributed by atoms with Crippen LogP contribution in [-0.4, -0.2) is 27.5 Å². The SMILES string of the molecule is CCc1ccc2nc(C)cc(C(=O)NCC(O)c3cccnc3)c2c1. The van der Waals surface area contributed by atoms with Gasteiger partial charge in [-0.25, -0.2) is 0 Å². The molecule has 2 heterocycles. The molecular weight excluding hydrogens is 314 g/mol. The van der Waals surface area contributed by atoms with Crippen LogP contribution in [0.5, 0.6) is 0 Å². The number of nitrogens with one attached hydrogen (secondary N) is 1. The Hall–Kier alpha value is -2.79. The molecule has 0 aliphatic carbocycles. The second-order valence-corrected chi connectivity index (χ2v) is 6.03. The van der Waals surface area contributed by atoms with Crippen molar-refractivity contribution in [1.29, 1.82) is 0 Å². The van der Waals surface area contributed by atoms with Crippen LogP contribution in [0.25, 0.3) is 10.9 Å². The highest BCUT2D eigenvalue weighted by atomic mass is 16.3. The highest BCUT2D eigenvalue weighted by molar-refractivity contribution is 6.06. The number of hydrogen-bond donors (Lipinski definition) is 2. The normalized spacial score (nSPS) is 12.1. The number of aromatic nitrogens is 2. The minimum Gasteiger partial charge on any atom is -0.387 e. The van der Waals surface area contributed by atoms with Crippen LogP contribution in [0.3, 0.4) is 0 Å². The first-order chi connectivity index (χ1) is 12.1. The lowest BCUT2D eigenvalue weighted by Crippen LogP contribution is -2.28. The quantitative estimate of drug-likeness (QED) is 0.752. The molecule has 1 amide bonds. The molecule has 3 rings (SSSR count). The van der Waals surface area contributed by atoms with Crippen LogP contribution in [0.2, 0.25) is 0 Å². The second-order valence-electron chi connectivity index (χ2n) is 6.03. The van der Waals surface area contributed by atoms with Crippen molar-refractivity contribution in [2.75, 3.05) is 6.54 Å². The minimum absolute atomic E-state index is 0.126. The van der Waals surface area contributed by atoms with E-state index in [-0.39, 0.29) is 12.5 Å². The van der Waals surface area contributed by atoms with E-state index in [9.17, 15) is 9.90 Å². The van der Waals surface area contributed by atoms with E-state index >= 15 is 0 Å². The first kappa shape index (κ1) is 17.0. The molecule has 0 radical (unpaired) electrons. The largest absolute Gasteiger partial charge is 0.387 e. The summed E-state index contributed by atoms with van der Waals surface area (Å²) < 4.78 is 0. The van der Waals surface area contributed by atoms with E-state index in [0.717, 1.165) is 28.6 Å². The molecule has 0 saturated heterocycles. The third-order valence-corrected chi connectivity index (χ3v) is 4.18. The molecule has 2 aromatic heterocycles. The van der Waals surface area contributed by atoms with Gasteiger partial charge in [0.15, 0.2) is 0 Å². The molecule has 0 aliphatic rings. The van der Waals surface area contributed by atoms with Crippen molar-refractivity contribution in [3.8, 4) is 0 Å². The fourth-order valence-electron chi connectivity index (χ4n) is 2.79. The molecule has 2 N–H and O–H groups in total. The van der Waals surface area contributed by atoms with E-state index in [1.165, 1.54) is 0 Å². The third kappa shape index (κ3) is 3.83. The number of fused-ring (bicyclic) bond motifs is 1. The van der Waals surface area contributed by atoms with Gasteiger partial charge >= 0.3 is 0 Å². The summed E-state index contributed by atoms with van der Waals surface area (Å²) in [5.74, 6) is -0.216. The van der Waals surface area contributed by atoms with E-state index in [1.54, 1.807) is 30.6 Å². The van der Waals surface area contributed by atoms with Gasteiger partial charge in [0.25, 0.3) is 5.91 Å². The average Bonchev–Trinajstić information content (AvgIpc) is 2.65. The van der Waals surface area contributed by atoms with Crippen LogP contribution < -0.4 is 5.32 Å². The fourth-order valence-corrected chi connectivity index (χ4v) is 2.79. The van der Waals surface area contributed by atoms with Gasteiger partial charge in [-0.15, -0.1) is 0 Å². The second kappa shape index (κ2) is 7.40. The van der Waals surface area contributed by atoms with E-state index in [2.05, 4.69) is 22.2 Å². The Kier molecular flexibility index (Phi) is 5.05. The number of carbonyl (C=O) groups excluding carboxylic acids is 1. The molecule has 0 bridgehead atoms. The fraction of sp³-hybridized carbons (Fsp3) is 0.250. The number of rotatable bonds is 5. The number of aryl methyl sites for hydroxylation is 2. The van der Waals surface area contributed by atoms with Gasteiger partial charge in [-0.1, -0.05) is 19.1 Å². The Labute approximate surface area is 146 Å². The maximum Gasteiger partial charge on any atom is 0.252 e. The van der Waals surface area contributed by atoms with Gasteiger partial charge in [0.1, 0.15) is 0 Å². The number of carbonyl (C=O) groups is 1. The van der Waals surface area contributed by atoms with Crippen LogP contribution in [0.4, 0.5) is 0 Å². The van der Waals surface area contributed by atoms with Gasteiger partial charge < -0.3 is 10.4 Å². The number of aliphatic hydroxyl groups is 1. The zero-order valence-corrected chi connectivity index (χ0v) is 14.4. The minimum atomic E-state index is -0.793. The van der Waals surface area contributed by atoms with Crippen LogP contribution in [0.15, 0.2) is 48.8 Å². The van der Waals surface area contributed by atoms with Crippen molar-refractivity contribution < 1.29 is 9.90 Å². The van der Waals surface area contributed by atoms with Gasteiger partial charge in [0.05, 0.1) is 17.2 Å². The van der Waals surface area contributed by atoms with Crippen LogP contribution >= 0.6 is 0 Å². The van der Waals surface area contributed by atoms with Crippen molar-refractivity contribution in [2.24, 2.45) is 0 Å². The molecule has 5 heteroatoms. The number of hydrogen-bond acceptors (Lipinski definition) is 4. The number of benzene rings is 1. The summed E-state index contributed by atoms with van der Waals surface area (Å²) in [6, 6.07) is 11.3. The first-order valence-corrected chi connectivity index (χ1v) is 8.35. The molecule has 0 saturated carbocycles. The Morgan fingerprint density at radius 3 is 2.84 bits per heavy atom. The van der Waals surface area contributed by atoms with Crippen molar-refractivity contribution >= 4 is 16.8 Å². The topological polar surface area (TPSA) is 75.1 Å². The molecule has 128 valence electrons. The molecule has 0 spiro atoms. The molecule has 0 aliphatic heterocycles. The molecular formula is C20H21N3O2. The lowest BCUT2D eigenvalue weighted by atomic mass is 10.0. The maximum absolute atomic E-state index is 12.7. The lowest BCUT2D eigenvalue weighted by Gasteiger charge is -2.13. The summed E-state index contributed by atoms with van der Waals surface area (Å²) >= 11 is 0. The summed E-state index contributed by atoms with van der Waals surface area (Å²) in [5, 5.41) is 13.8. The summed E-state index contributed by atoms with van der Waals surface area (Å²) in [6.45, 7) is 4.07. The summed E-state index contributed by atoms with van der Waals surface area (Å²) in [6.07, 6.45) is 3.34. The predicted octanol–water partition coefficient (Wildman–Crippen LogP) is 2.96. The summed E-state index contributed by atoms with van der Waals surface area (Å²) in [5.41, 5.74) is 4.00. The number of nitrogens with zero attached hydrogens (tertiary/aromatic N) is 2. The van der Waals surface area contributed by atoms with Gasteiger partial charge in [0.2, 0.25) is 0 Å². The molecule has 1 aromatic carbocycles. The smallest absolute Gasteiger partial charge is 0.252 e. The van der Waals surface area contributed by atoms with Crippen LogP contribution in [0.1, 0.15) is 40.2 Å². The van der Waals surface area contributed by atoms with Gasteiger partial charge in [0, 0.05) is 35.6 Å². The first-order valence-electron chi connectivity index (χ1n) is 8.35. The number of aliphatic hydroxyl groups excluding tert-OH is 1. The van der Waals surface area contributed by atoms with E-state index < -0.39 is 6.10 Å². The molecule has 1 atom stereocenters. The molecule has 1 unspecified atom stereocenters. The van der Waals surface area contributed by atoms with E-state index in [4.69, 9.17) is 0 Å². The zero-order chi connectivity index (χ0) is 17.8. The Morgan fingerprint density at radius 1 is 1.28 bits per heavy atom. The third-order valence-electron chi connectivity index (χ3n) is 4.18. The van der Waals surface area contributed by atoms with Crippen molar-refractivity contribution in [2.45, 2.75) is 26.4 Å². The van der Waals surface area contributed by atoms with Crippen LogP contribution in [0, 0.1) is 6.92 Å². The predicted molar refractivity (Wildman–Crippen MR) is 97.4 cm³/mol.